The third-order valence-electron chi connectivity index (χ3n) is 3.40. The zero-order valence-electron chi connectivity index (χ0n) is 8.67. The van der Waals surface area contributed by atoms with Gasteiger partial charge in [-0.05, 0) is 44.7 Å². The second kappa shape index (κ2) is 4.43. The van der Waals surface area contributed by atoms with E-state index in [0.717, 1.165) is 12.5 Å². The van der Waals surface area contributed by atoms with Crippen molar-refractivity contribution in [3.8, 4) is 0 Å². The van der Waals surface area contributed by atoms with E-state index in [1.54, 1.807) is 0 Å². The fourth-order valence-corrected chi connectivity index (χ4v) is 2.34. The molecule has 0 bridgehead atoms. The van der Waals surface area contributed by atoms with E-state index in [9.17, 15) is 0 Å². The van der Waals surface area contributed by atoms with Crippen LogP contribution in [0.15, 0.2) is 0 Å². The van der Waals surface area contributed by atoms with Crippen LogP contribution in [-0.4, -0.2) is 37.2 Å². The van der Waals surface area contributed by atoms with Gasteiger partial charge in [0.1, 0.15) is 0 Å². The second-order valence-electron chi connectivity index (χ2n) is 4.45. The van der Waals surface area contributed by atoms with E-state index in [-0.39, 0.29) is 0 Å². The van der Waals surface area contributed by atoms with Crippen molar-refractivity contribution in [2.45, 2.75) is 38.7 Å². The van der Waals surface area contributed by atoms with Crippen molar-refractivity contribution in [1.29, 1.82) is 0 Å². The molecule has 13 heavy (non-hydrogen) atoms. The minimum absolute atomic E-state index is 0.556. The van der Waals surface area contributed by atoms with Crippen molar-refractivity contribution >= 4 is 0 Å². The highest BCUT2D eigenvalue weighted by molar-refractivity contribution is 4.77. The van der Waals surface area contributed by atoms with E-state index >= 15 is 0 Å². The molecule has 0 saturated carbocycles. The molecular weight excluding hydrogens is 162 g/mol. The highest BCUT2D eigenvalue weighted by atomic mass is 16.5. The molecule has 2 rings (SSSR count). The molecule has 2 unspecified atom stereocenters. The molecule has 0 aromatic rings. The van der Waals surface area contributed by atoms with Crippen molar-refractivity contribution < 1.29 is 4.74 Å². The Labute approximate surface area is 81.3 Å². The summed E-state index contributed by atoms with van der Waals surface area (Å²) in [5.41, 5.74) is 0. The summed E-state index contributed by atoms with van der Waals surface area (Å²) in [5, 5.41) is 0. The zero-order chi connectivity index (χ0) is 9.10. The summed E-state index contributed by atoms with van der Waals surface area (Å²) in [4.78, 5) is 2.59. The second-order valence-corrected chi connectivity index (χ2v) is 4.45. The lowest BCUT2D eigenvalue weighted by atomic mass is 9.93. The SMILES string of the molecule is CCC1CC(CN2CCC2)CCO1. The van der Waals surface area contributed by atoms with Crippen LogP contribution in [0, 0.1) is 5.92 Å². The van der Waals surface area contributed by atoms with Gasteiger partial charge in [0, 0.05) is 13.2 Å². The van der Waals surface area contributed by atoms with Gasteiger partial charge in [-0.3, -0.25) is 0 Å². The molecule has 2 atom stereocenters. The Morgan fingerprint density at radius 1 is 1.38 bits per heavy atom. The fraction of sp³-hybridized carbons (Fsp3) is 1.00. The summed E-state index contributed by atoms with van der Waals surface area (Å²) in [6.45, 7) is 7.25. The summed E-state index contributed by atoms with van der Waals surface area (Å²) in [6, 6.07) is 0. The van der Waals surface area contributed by atoms with E-state index < -0.39 is 0 Å². The number of nitrogens with zero attached hydrogens (tertiary/aromatic N) is 1. The average Bonchev–Trinajstić information content (AvgIpc) is 2.12. The summed E-state index contributed by atoms with van der Waals surface area (Å²) >= 11 is 0. The molecule has 0 aliphatic carbocycles. The van der Waals surface area contributed by atoms with Crippen molar-refractivity contribution in [3.63, 3.8) is 0 Å². The predicted octanol–water partition coefficient (Wildman–Crippen LogP) is 1.90. The van der Waals surface area contributed by atoms with Gasteiger partial charge in [-0.25, -0.2) is 0 Å². The summed E-state index contributed by atoms with van der Waals surface area (Å²) in [5.74, 6) is 0.916. The van der Waals surface area contributed by atoms with E-state index in [4.69, 9.17) is 4.74 Å². The minimum atomic E-state index is 0.556. The summed E-state index contributed by atoms with van der Waals surface area (Å²) < 4.78 is 5.67. The Kier molecular flexibility index (Phi) is 3.23. The van der Waals surface area contributed by atoms with Crippen LogP contribution in [0.3, 0.4) is 0 Å². The maximum Gasteiger partial charge on any atom is 0.0575 e. The first kappa shape index (κ1) is 9.47. The third-order valence-corrected chi connectivity index (χ3v) is 3.40. The molecule has 76 valence electrons. The van der Waals surface area contributed by atoms with Gasteiger partial charge in [0.25, 0.3) is 0 Å². The molecule has 0 aromatic heterocycles. The molecule has 2 heteroatoms. The van der Waals surface area contributed by atoms with Gasteiger partial charge in [0.05, 0.1) is 6.10 Å². The first-order valence-electron chi connectivity index (χ1n) is 5.72. The highest BCUT2D eigenvalue weighted by Crippen LogP contribution is 2.24. The lowest BCUT2D eigenvalue weighted by Crippen LogP contribution is -2.42. The molecule has 0 aromatic carbocycles. The van der Waals surface area contributed by atoms with Crippen LogP contribution in [-0.2, 0) is 4.74 Å². The quantitative estimate of drug-likeness (QED) is 0.662. The van der Waals surface area contributed by atoms with Gasteiger partial charge < -0.3 is 9.64 Å². The molecule has 0 amide bonds. The normalized spacial score (nSPS) is 35.8. The number of hydrogen-bond donors (Lipinski definition) is 0. The molecule has 0 radical (unpaired) electrons. The Bertz CT molecular complexity index is 154. The first-order valence-corrected chi connectivity index (χ1v) is 5.72. The maximum absolute atomic E-state index is 5.67. The van der Waals surface area contributed by atoms with Crippen LogP contribution in [0.4, 0.5) is 0 Å². The van der Waals surface area contributed by atoms with Crippen LogP contribution < -0.4 is 0 Å². The largest absolute Gasteiger partial charge is 0.378 e. The van der Waals surface area contributed by atoms with Crippen LogP contribution in [0.25, 0.3) is 0 Å². The maximum atomic E-state index is 5.67. The first-order chi connectivity index (χ1) is 6.38. The average molecular weight is 183 g/mol. The van der Waals surface area contributed by atoms with Crippen molar-refractivity contribution in [2.75, 3.05) is 26.2 Å². The zero-order valence-corrected chi connectivity index (χ0v) is 8.67. The molecular formula is C11H21NO. The molecule has 2 aliphatic heterocycles. The fourth-order valence-electron chi connectivity index (χ4n) is 2.34. The Morgan fingerprint density at radius 3 is 2.85 bits per heavy atom. The molecule has 0 N–H and O–H groups in total. The van der Waals surface area contributed by atoms with Crippen LogP contribution in [0.2, 0.25) is 0 Å². The van der Waals surface area contributed by atoms with Crippen molar-refractivity contribution in [2.24, 2.45) is 5.92 Å². The Hall–Kier alpha value is -0.0800. The molecule has 2 nitrogen and oxygen atoms in total. The Balaban J connectivity index is 1.71. The Morgan fingerprint density at radius 2 is 2.23 bits per heavy atom. The van der Waals surface area contributed by atoms with Crippen LogP contribution >= 0.6 is 0 Å². The van der Waals surface area contributed by atoms with Gasteiger partial charge in [-0.2, -0.15) is 0 Å². The van der Waals surface area contributed by atoms with Gasteiger partial charge >= 0.3 is 0 Å². The minimum Gasteiger partial charge on any atom is -0.378 e. The van der Waals surface area contributed by atoms with Crippen molar-refractivity contribution in [3.05, 3.63) is 0 Å². The topological polar surface area (TPSA) is 12.5 Å². The van der Waals surface area contributed by atoms with E-state index in [1.165, 1.54) is 45.3 Å². The smallest absolute Gasteiger partial charge is 0.0575 e. The molecule has 2 heterocycles. The number of hydrogen-bond acceptors (Lipinski definition) is 2. The van der Waals surface area contributed by atoms with Gasteiger partial charge in [0.2, 0.25) is 0 Å². The van der Waals surface area contributed by atoms with Gasteiger partial charge in [-0.1, -0.05) is 6.92 Å². The third kappa shape index (κ3) is 2.44. The summed E-state index contributed by atoms with van der Waals surface area (Å²) in [6.07, 6.45) is 5.75. The van der Waals surface area contributed by atoms with Crippen LogP contribution in [0.1, 0.15) is 32.6 Å². The number of ether oxygens (including phenoxy) is 1. The van der Waals surface area contributed by atoms with E-state index in [0.29, 0.717) is 6.10 Å². The molecule has 2 saturated heterocycles. The monoisotopic (exact) mass is 183 g/mol. The lowest BCUT2D eigenvalue weighted by Gasteiger charge is -2.37. The standard InChI is InChI=1S/C11H21NO/c1-2-11-8-10(4-7-13-11)9-12-5-3-6-12/h10-11H,2-9H2,1H3. The van der Waals surface area contributed by atoms with E-state index in [1.807, 2.05) is 0 Å². The predicted molar refractivity (Wildman–Crippen MR) is 53.8 cm³/mol. The van der Waals surface area contributed by atoms with E-state index in [2.05, 4.69) is 11.8 Å². The molecule has 2 aliphatic rings. The molecule has 2 fully saturated rings. The number of rotatable bonds is 3. The highest BCUT2D eigenvalue weighted by Gasteiger charge is 2.24. The summed E-state index contributed by atoms with van der Waals surface area (Å²) in [7, 11) is 0. The van der Waals surface area contributed by atoms with Crippen molar-refractivity contribution in [1.82, 2.24) is 4.90 Å². The lowest BCUT2D eigenvalue weighted by molar-refractivity contribution is -0.0219. The van der Waals surface area contributed by atoms with Gasteiger partial charge in [0.15, 0.2) is 0 Å². The van der Waals surface area contributed by atoms with Gasteiger partial charge in [-0.15, -0.1) is 0 Å². The molecule has 0 spiro atoms. The number of likely N-dealkylation sites (tertiary alicyclic amines) is 1. The van der Waals surface area contributed by atoms with Crippen LogP contribution in [0.5, 0.6) is 0 Å².